The molecule has 0 rings (SSSR count). The summed E-state index contributed by atoms with van der Waals surface area (Å²) in [6.45, 7) is 2.88. The summed E-state index contributed by atoms with van der Waals surface area (Å²) < 4.78 is 8.77. The molecule has 9 heavy (non-hydrogen) atoms. The maximum atomic E-state index is 8.77. The molecule has 4 N–H and O–H groups in total. The quantitative estimate of drug-likeness (QED) is 0.413. The number of phosphoric acid groups is 1. The Labute approximate surface area is 53.7 Å². The first-order valence-corrected chi connectivity index (χ1v) is 3.91. The molecule has 6 heteroatoms. The molecule has 58 valence electrons. The fourth-order valence-corrected chi connectivity index (χ4v) is 0. The van der Waals surface area contributed by atoms with E-state index in [4.69, 9.17) is 25.0 Å². The van der Waals surface area contributed by atoms with Gasteiger partial charge in [-0.25, -0.2) is 0 Å². The van der Waals surface area contributed by atoms with Crippen LogP contribution in [0.2, 0.25) is 0 Å². The molecule has 0 amide bonds. The summed E-state index contributed by atoms with van der Waals surface area (Å²) in [5.74, 6) is 0. The zero-order chi connectivity index (χ0) is 7.91. The molecule has 0 aromatic rings. The van der Waals surface area contributed by atoms with Gasteiger partial charge in [0.15, 0.2) is 0 Å². The van der Waals surface area contributed by atoms with E-state index < -0.39 is 7.82 Å². The van der Waals surface area contributed by atoms with E-state index in [-0.39, 0.29) is 0 Å². The molecular formula is C3H11NO4P-. The van der Waals surface area contributed by atoms with E-state index in [9.17, 15) is 0 Å². The average molecular weight is 156 g/mol. The number of hydrogen-bond donors (Lipinski definition) is 3. The van der Waals surface area contributed by atoms with Crippen molar-refractivity contribution in [1.29, 1.82) is 0 Å². The van der Waals surface area contributed by atoms with Crippen molar-refractivity contribution in [2.45, 2.75) is 13.3 Å². The van der Waals surface area contributed by atoms with Gasteiger partial charge in [0.25, 0.3) is 7.82 Å². The van der Waals surface area contributed by atoms with Gasteiger partial charge in [-0.3, -0.25) is 4.57 Å². The lowest BCUT2D eigenvalue weighted by Crippen LogP contribution is -1.94. The van der Waals surface area contributed by atoms with Crippen LogP contribution in [0.1, 0.15) is 13.3 Å². The lowest BCUT2D eigenvalue weighted by molar-refractivity contribution is -0.214. The molecule has 0 spiro atoms. The maximum Gasteiger partial charge on any atom is 0.262 e. The standard InChI is InChI=1S/C3H9N.H3O4P/c1-2-3-4;1-5(2,3)4/h2-4H2,1H3;(H3,1,2,3,4)/p-1. The highest BCUT2D eigenvalue weighted by molar-refractivity contribution is 7.43. The highest BCUT2D eigenvalue weighted by Gasteiger charge is 1.82. The van der Waals surface area contributed by atoms with Gasteiger partial charge in [0.05, 0.1) is 0 Å². The van der Waals surface area contributed by atoms with Crippen LogP contribution in [0.15, 0.2) is 0 Å². The Morgan fingerprint density at radius 1 is 1.67 bits per heavy atom. The molecule has 0 aliphatic rings. The summed E-state index contributed by atoms with van der Waals surface area (Å²) in [4.78, 5) is 22.9. The minimum absolute atomic E-state index is 0.819. The Balaban J connectivity index is 0. The molecule has 0 aliphatic carbocycles. The van der Waals surface area contributed by atoms with Crippen LogP contribution in [-0.2, 0) is 4.57 Å². The van der Waals surface area contributed by atoms with Crippen molar-refractivity contribution in [3.05, 3.63) is 0 Å². The predicted molar refractivity (Wildman–Crippen MR) is 31.4 cm³/mol. The summed E-state index contributed by atoms with van der Waals surface area (Å²) in [5.41, 5.74) is 5.03. The monoisotopic (exact) mass is 156 g/mol. The minimum Gasteiger partial charge on any atom is -0.756 e. The summed E-state index contributed by atoms with van der Waals surface area (Å²) >= 11 is 0. The van der Waals surface area contributed by atoms with Gasteiger partial charge in [-0.05, 0) is 13.0 Å². The predicted octanol–water partition coefficient (Wildman–Crippen LogP) is -1.21. The van der Waals surface area contributed by atoms with Crippen molar-refractivity contribution < 1.29 is 19.2 Å². The molecule has 0 aromatic carbocycles. The average Bonchev–Trinajstić information content (AvgIpc) is 1.61. The number of nitrogens with two attached hydrogens (primary N) is 1. The van der Waals surface area contributed by atoms with Crippen LogP contribution in [0.25, 0.3) is 0 Å². The third-order valence-electron chi connectivity index (χ3n) is 0.289. The van der Waals surface area contributed by atoms with Gasteiger partial charge in [0.1, 0.15) is 0 Å². The zero-order valence-corrected chi connectivity index (χ0v) is 6.04. The fourth-order valence-electron chi connectivity index (χ4n) is 0. The van der Waals surface area contributed by atoms with Crippen LogP contribution < -0.4 is 10.6 Å². The summed E-state index contributed by atoms with van der Waals surface area (Å²) in [5, 5.41) is 0. The van der Waals surface area contributed by atoms with E-state index in [1.54, 1.807) is 0 Å². The molecule has 0 heterocycles. The Hall–Kier alpha value is 0.0700. The molecule has 0 atom stereocenters. The Bertz CT molecular complexity index is 79.5. The summed E-state index contributed by atoms with van der Waals surface area (Å²) in [7, 11) is -4.89. The van der Waals surface area contributed by atoms with Gasteiger partial charge in [-0.2, -0.15) is 0 Å². The fraction of sp³-hybridized carbons (Fsp3) is 1.00. The molecule has 0 saturated heterocycles. The molecule has 0 unspecified atom stereocenters. The van der Waals surface area contributed by atoms with Crippen LogP contribution in [-0.4, -0.2) is 16.3 Å². The zero-order valence-electron chi connectivity index (χ0n) is 5.15. The number of hydrogen-bond acceptors (Lipinski definition) is 3. The second-order valence-corrected chi connectivity index (χ2v) is 2.26. The van der Waals surface area contributed by atoms with Crippen molar-refractivity contribution in [2.75, 3.05) is 6.54 Å². The van der Waals surface area contributed by atoms with E-state index in [1.807, 2.05) is 0 Å². The van der Waals surface area contributed by atoms with Crippen molar-refractivity contribution in [3.8, 4) is 0 Å². The van der Waals surface area contributed by atoms with Crippen molar-refractivity contribution in [3.63, 3.8) is 0 Å². The van der Waals surface area contributed by atoms with Crippen LogP contribution in [0.3, 0.4) is 0 Å². The lowest BCUT2D eigenvalue weighted by atomic mass is 10.5. The van der Waals surface area contributed by atoms with E-state index >= 15 is 0 Å². The Morgan fingerprint density at radius 2 is 1.78 bits per heavy atom. The van der Waals surface area contributed by atoms with E-state index in [1.165, 1.54) is 0 Å². The highest BCUT2D eigenvalue weighted by Crippen LogP contribution is 2.18. The second-order valence-electron chi connectivity index (χ2n) is 1.28. The van der Waals surface area contributed by atoms with Crippen molar-refractivity contribution >= 4 is 7.82 Å². The highest BCUT2D eigenvalue weighted by atomic mass is 31.2. The smallest absolute Gasteiger partial charge is 0.262 e. The van der Waals surface area contributed by atoms with Gasteiger partial charge < -0.3 is 20.4 Å². The summed E-state index contributed by atoms with van der Waals surface area (Å²) in [6.07, 6.45) is 1.10. The molecule has 0 aliphatic heterocycles. The first-order valence-electron chi connectivity index (χ1n) is 2.38. The molecule has 0 saturated carbocycles. The van der Waals surface area contributed by atoms with E-state index in [0.717, 1.165) is 13.0 Å². The lowest BCUT2D eigenvalue weighted by Gasteiger charge is -2.01. The SMILES string of the molecule is CCCN.O=P([O-])(O)O. The van der Waals surface area contributed by atoms with Gasteiger partial charge >= 0.3 is 0 Å². The van der Waals surface area contributed by atoms with Crippen molar-refractivity contribution in [2.24, 2.45) is 5.73 Å². The molecular weight excluding hydrogens is 145 g/mol. The van der Waals surface area contributed by atoms with E-state index in [0.29, 0.717) is 0 Å². The molecule has 5 nitrogen and oxygen atoms in total. The number of rotatable bonds is 1. The van der Waals surface area contributed by atoms with Gasteiger partial charge in [-0.1, -0.05) is 6.92 Å². The van der Waals surface area contributed by atoms with Gasteiger partial charge in [-0.15, -0.1) is 0 Å². The Kier molecular flexibility index (Phi) is 8.13. The van der Waals surface area contributed by atoms with Crippen LogP contribution in [0.5, 0.6) is 0 Å². The van der Waals surface area contributed by atoms with E-state index in [2.05, 4.69) is 6.92 Å². The first-order chi connectivity index (χ1) is 3.91. The molecule has 0 bridgehead atoms. The van der Waals surface area contributed by atoms with Gasteiger partial charge in [0.2, 0.25) is 0 Å². The third-order valence-corrected chi connectivity index (χ3v) is 0.289. The van der Waals surface area contributed by atoms with Crippen LogP contribution in [0.4, 0.5) is 0 Å². The topological polar surface area (TPSA) is 107 Å². The molecule has 0 aromatic heterocycles. The normalized spacial score (nSPS) is 9.89. The van der Waals surface area contributed by atoms with Gasteiger partial charge in [0, 0.05) is 0 Å². The first kappa shape index (κ1) is 11.8. The summed E-state index contributed by atoms with van der Waals surface area (Å²) in [6, 6.07) is 0. The van der Waals surface area contributed by atoms with Crippen molar-refractivity contribution in [1.82, 2.24) is 0 Å². The minimum atomic E-state index is -4.89. The molecule has 0 radical (unpaired) electrons. The second kappa shape index (κ2) is 6.19. The van der Waals surface area contributed by atoms with Crippen LogP contribution in [0, 0.1) is 0 Å². The Morgan fingerprint density at radius 3 is 1.78 bits per heavy atom. The van der Waals surface area contributed by atoms with Crippen LogP contribution >= 0.6 is 7.82 Å². The maximum absolute atomic E-state index is 8.77. The largest absolute Gasteiger partial charge is 0.756 e. The third kappa shape index (κ3) is 260. The molecule has 0 fully saturated rings.